The maximum absolute atomic E-state index is 12.7. The molecule has 6 heteroatoms. The minimum Gasteiger partial charge on any atom is -0.269 e. The fraction of sp³-hybridized carbons (Fsp3) is 0.824. The van der Waals surface area contributed by atoms with Gasteiger partial charge < -0.3 is 0 Å². The second kappa shape index (κ2) is 5.31. The van der Waals surface area contributed by atoms with Crippen molar-refractivity contribution in [3.05, 3.63) is 11.9 Å². The van der Waals surface area contributed by atoms with E-state index in [-0.39, 0.29) is 5.41 Å². The van der Waals surface area contributed by atoms with Crippen molar-refractivity contribution in [1.29, 1.82) is 0 Å². The molecule has 5 rings (SSSR count). The average molecular weight is 337 g/mol. The molecule has 4 aliphatic rings. The van der Waals surface area contributed by atoms with Gasteiger partial charge in [-0.3, -0.25) is 4.68 Å². The van der Waals surface area contributed by atoms with Crippen molar-refractivity contribution < 1.29 is 8.42 Å². The number of hydrogen-bond acceptors (Lipinski definition) is 3. The van der Waals surface area contributed by atoms with Crippen LogP contribution in [0.2, 0.25) is 0 Å². The van der Waals surface area contributed by atoms with Crippen LogP contribution in [0.3, 0.4) is 0 Å². The molecule has 0 amide bonds. The lowest BCUT2D eigenvalue weighted by molar-refractivity contribution is -0.0487. The summed E-state index contributed by atoms with van der Waals surface area (Å²) in [5, 5.41) is 4.17. The molecule has 5 nitrogen and oxygen atoms in total. The Hall–Kier alpha value is -0.880. The Morgan fingerprint density at radius 1 is 1.22 bits per heavy atom. The molecule has 1 heterocycles. The fourth-order valence-electron chi connectivity index (χ4n) is 5.84. The van der Waals surface area contributed by atoms with Crippen LogP contribution in [0.1, 0.15) is 51.1 Å². The molecule has 23 heavy (non-hydrogen) atoms. The first kappa shape index (κ1) is 15.6. The number of rotatable bonds is 5. The smallest absolute Gasteiger partial charge is 0.243 e. The van der Waals surface area contributed by atoms with E-state index in [0.29, 0.717) is 18.0 Å². The van der Waals surface area contributed by atoms with Crippen LogP contribution >= 0.6 is 0 Å². The van der Waals surface area contributed by atoms with E-state index in [1.54, 1.807) is 4.68 Å². The van der Waals surface area contributed by atoms with E-state index in [0.717, 1.165) is 23.4 Å². The van der Waals surface area contributed by atoms with E-state index < -0.39 is 10.0 Å². The predicted octanol–water partition coefficient (Wildman–Crippen LogP) is 2.71. The molecule has 1 aromatic heterocycles. The summed E-state index contributed by atoms with van der Waals surface area (Å²) >= 11 is 0. The summed E-state index contributed by atoms with van der Waals surface area (Å²) in [7, 11) is -3.46. The Balaban J connectivity index is 1.51. The number of aromatic nitrogens is 2. The number of nitrogens with zero attached hydrogens (tertiary/aromatic N) is 2. The molecule has 4 bridgehead atoms. The molecule has 0 spiro atoms. The summed E-state index contributed by atoms with van der Waals surface area (Å²) in [6, 6.07) is 0. The van der Waals surface area contributed by atoms with Crippen LogP contribution in [0.25, 0.3) is 0 Å². The summed E-state index contributed by atoms with van der Waals surface area (Å²) in [6.45, 7) is 5.10. The van der Waals surface area contributed by atoms with Gasteiger partial charge in [-0.1, -0.05) is 0 Å². The zero-order valence-corrected chi connectivity index (χ0v) is 14.9. The van der Waals surface area contributed by atoms with Gasteiger partial charge in [0.15, 0.2) is 0 Å². The van der Waals surface area contributed by atoms with Gasteiger partial charge in [0.2, 0.25) is 10.0 Å². The predicted molar refractivity (Wildman–Crippen MR) is 88.4 cm³/mol. The Morgan fingerprint density at radius 3 is 2.26 bits per heavy atom. The zero-order valence-electron chi connectivity index (χ0n) is 14.1. The Morgan fingerprint density at radius 2 is 1.78 bits per heavy atom. The van der Waals surface area contributed by atoms with Crippen molar-refractivity contribution >= 4 is 10.0 Å². The van der Waals surface area contributed by atoms with Crippen molar-refractivity contribution in [3.8, 4) is 0 Å². The third-order valence-electron chi connectivity index (χ3n) is 6.45. The minimum absolute atomic E-state index is 0.219. The summed E-state index contributed by atoms with van der Waals surface area (Å²) in [5.41, 5.74) is 0.946. The molecule has 0 unspecified atom stereocenters. The Labute approximate surface area is 138 Å². The lowest BCUT2D eigenvalue weighted by Gasteiger charge is -2.56. The van der Waals surface area contributed by atoms with Crippen molar-refractivity contribution in [2.75, 3.05) is 6.54 Å². The van der Waals surface area contributed by atoms with Gasteiger partial charge in [-0.15, -0.1) is 0 Å². The topological polar surface area (TPSA) is 64.0 Å². The van der Waals surface area contributed by atoms with Gasteiger partial charge in [-0.25, -0.2) is 13.1 Å². The first-order valence-corrected chi connectivity index (χ1v) is 10.4. The Kier molecular flexibility index (Phi) is 3.61. The monoisotopic (exact) mass is 337 g/mol. The second-order valence-electron chi connectivity index (χ2n) is 8.15. The van der Waals surface area contributed by atoms with Crippen LogP contribution in [-0.4, -0.2) is 24.7 Å². The highest BCUT2D eigenvalue weighted by Gasteiger charge is 2.51. The third-order valence-corrected chi connectivity index (χ3v) is 7.95. The van der Waals surface area contributed by atoms with E-state index in [1.807, 2.05) is 13.8 Å². The highest BCUT2D eigenvalue weighted by atomic mass is 32.2. The lowest BCUT2D eigenvalue weighted by Crippen LogP contribution is -2.51. The number of nitrogens with one attached hydrogen (secondary N) is 1. The number of hydrogen-bond donors (Lipinski definition) is 1. The molecular weight excluding hydrogens is 310 g/mol. The van der Waals surface area contributed by atoms with Crippen molar-refractivity contribution in [1.82, 2.24) is 14.5 Å². The molecule has 1 aromatic rings. The van der Waals surface area contributed by atoms with Crippen LogP contribution in [0, 0.1) is 30.1 Å². The van der Waals surface area contributed by atoms with Gasteiger partial charge in [-0.05, 0) is 75.5 Å². The summed E-state index contributed by atoms with van der Waals surface area (Å²) < 4.78 is 30.1. The van der Waals surface area contributed by atoms with Gasteiger partial charge in [0.25, 0.3) is 0 Å². The van der Waals surface area contributed by atoms with Gasteiger partial charge in [0.1, 0.15) is 4.90 Å². The maximum Gasteiger partial charge on any atom is 0.243 e. The third kappa shape index (κ3) is 2.64. The lowest BCUT2D eigenvalue weighted by atomic mass is 9.50. The maximum atomic E-state index is 12.7. The summed E-state index contributed by atoms with van der Waals surface area (Å²) in [4.78, 5) is 0.337. The van der Waals surface area contributed by atoms with Gasteiger partial charge in [0.05, 0.1) is 11.9 Å². The van der Waals surface area contributed by atoms with Crippen LogP contribution in [0.4, 0.5) is 0 Å². The normalized spacial score (nSPS) is 35.8. The number of aryl methyl sites for hydroxylation is 1. The van der Waals surface area contributed by atoms with Crippen LogP contribution in [-0.2, 0) is 16.6 Å². The summed E-state index contributed by atoms with van der Waals surface area (Å²) in [6.07, 6.45) is 9.29. The van der Waals surface area contributed by atoms with E-state index in [2.05, 4.69) is 9.82 Å². The van der Waals surface area contributed by atoms with Crippen molar-refractivity contribution in [2.24, 2.45) is 23.2 Å². The first-order chi connectivity index (χ1) is 10.9. The van der Waals surface area contributed by atoms with E-state index in [1.165, 1.54) is 44.7 Å². The van der Waals surface area contributed by atoms with Crippen LogP contribution < -0.4 is 4.72 Å². The van der Waals surface area contributed by atoms with E-state index in [4.69, 9.17) is 0 Å². The highest BCUT2D eigenvalue weighted by molar-refractivity contribution is 7.89. The second-order valence-corrected chi connectivity index (χ2v) is 9.89. The largest absolute Gasteiger partial charge is 0.269 e. The van der Waals surface area contributed by atoms with E-state index in [9.17, 15) is 8.42 Å². The highest BCUT2D eigenvalue weighted by Crippen LogP contribution is 2.59. The molecule has 0 aromatic carbocycles. The molecular formula is C17H27N3O2S. The molecule has 0 radical (unpaired) electrons. The van der Waals surface area contributed by atoms with Gasteiger partial charge in [0, 0.05) is 13.1 Å². The standard InChI is InChI=1S/C17H27N3O2S/c1-3-20-12(2)16(10-18-20)23(21,22)19-11-17-7-13-4-14(8-17)6-15(5-13)9-17/h10,13-15,19H,3-9,11H2,1-2H3. The Bertz CT molecular complexity index is 672. The zero-order chi connectivity index (χ0) is 16.2. The molecule has 4 saturated carbocycles. The SMILES string of the molecule is CCn1ncc(S(=O)(=O)NCC23CC4CC(CC(C4)C2)C3)c1C. The average Bonchev–Trinajstić information content (AvgIpc) is 2.86. The van der Waals surface area contributed by atoms with E-state index >= 15 is 0 Å². The van der Waals surface area contributed by atoms with Gasteiger partial charge >= 0.3 is 0 Å². The number of sulfonamides is 1. The molecule has 0 aliphatic heterocycles. The first-order valence-electron chi connectivity index (χ1n) is 8.93. The van der Waals surface area contributed by atoms with Crippen molar-refractivity contribution in [2.45, 2.75) is 63.8 Å². The van der Waals surface area contributed by atoms with Crippen LogP contribution in [0.5, 0.6) is 0 Å². The van der Waals surface area contributed by atoms with Crippen molar-refractivity contribution in [3.63, 3.8) is 0 Å². The fourth-order valence-corrected chi connectivity index (χ4v) is 7.18. The molecule has 4 aliphatic carbocycles. The minimum atomic E-state index is -3.46. The molecule has 0 saturated heterocycles. The van der Waals surface area contributed by atoms with Crippen LogP contribution in [0.15, 0.2) is 11.1 Å². The molecule has 4 fully saturated rings. The molecule has 1 N–H and O–H groups in total. The quantitative estimate of drug-likeness (QED) is 0.898. The summed E-state index contributed by atoms with van der Waals surface area (Å²) in [5.74, 6) is 2.53. The molecule has 128 valence electrons. The molecule has 0 atom stereocenters. The van der Waals surface area contributed by atoms with Gasteiger partial charge in [-0.2, -0.15) is 5.10 Å².